The van der Waals surface area contributed by atoms with E-state index in [-0.39, 0.29) is 5.56 Å². The summed E-state index contributed by atoms with van der Waals surface area (Å²) in [5.74, 6) is 0.923. The van der Waals surface area contributed by atoms with Crippen molar-refractivity contribution in [1.82, 2.24) is 19.9 Å². The molecular weight excluding hydrogens is 370 g/mol. The van der Waals surface area contributed by atoms with Gasteiger partial charge in [0.25, 0.3) is 0 Å². The van der Waals surface area contributed by atoms with Crippen molar-refractivity contribution < 1.29 is 9.90 Å². The van der Waals surface area contributed by atoms with Gasteiger partial charge in [0.2, 0.25) is 11.9 Å². The van der Waals surface area contributed by atoms with Gasteiger partial charge in [-0.05, 0) is 25.1 Å². The van der Waals surface area contributed by atoms with Crippen LogP contribution >= 0.6 is 0 Å². The lowest BCUT2D eigenvalue weighted by molar-refractivity contribution is 0.0698. The molecule has 0 amide bonds. The Morgan fingerprint density at radius 1 is 0.966 bits per heavy atom. The van der Waals surface area contributed by atoms with Gasteiger partial charge in [-0.15, -0.1) is 0 Å². The number of hydrogen-bond acceptors (Lipinski definition) is 8. The normalized spacial score (nSPS) is 14.0. The van der Waals surface area contributed by atoms with Crippen molar-refractivity contribution in [3.8, 4) is 0 Å². The van der Waals surface area contributed by atoms with Crippen LogP contribution in [0.4, 0.5) is 23.4 Å². The van der Waals surface area contributed by atoms with Crippen molar-refractivity contribution in [3.05, 3.63) is 60.0 Å². The molecule has 9 nitrogen and oxygen atoms in total. The zero-order valence-electron chi connectivity index (χ0n) is 16.0. The molecule has 0 aliphatic carbocycles. The summed E-state index contributed by atoms with van der Waals surface area (Å²) < 4.78 is 0. The fraction of sp³-hybridized carbons (Fsp3) is 0.250. The van der Waals surface area contributed by atoms with Crippen LogP contribution in [0.25, 0.3) is 0 Å². The van der Waals surface area contributed by atoms with E-state index in [0.717, 1.165) is 37.8 Å². The number of anilines is 4. The van der Waals surface area contributed by atoms with Gasteiger partial charge in [0.05, 0.1) is 11.3 Å². The molecule has 1 saturated heterocycles. The van der Waals surface area contributed by atoms with E-state index in [1.54, 1.807) is 48.8 Å². The summed E-state index contributed by atoms with van der Waals surface area (Å²) in [4.78, 5) is 33.5. The minimum absolute atomic E-state index is 0.196. The van der Waals surface area contributed by atoms with Gasteiger partial charge in [-0.25, -0.2) is 19.7 Å². The molecule has 1 aliphatic heterocycles. The maximum absolute atomic E-state index is 11.4. The highest BCUT2D eigenvalue weighted by Crippen LogP contribution is 2.22. The first-order valence-corrected chi connectivity index (χ1v) is 9.32. The molecule has 3 heterocycles. The van der Waals surface area contributed by atoms with Gasteiger partial charge < -0.3 is 20.2 Å². The second-order valence-electron chi connectivity index (χ2n) is 6.69. The first-order chi connectivity index (χ1) is 14.1. The Morgan fingerprint density at radius 3 is 2.31 bits per heavy atom. The predicted molar refractivity (Wildman–Crippen MR) is 110 cm³/mol. The Hall–Kier alpha value is -3.75. The summed E-state index contributed by atoms with van der Waals surface area (Å²) in [5, 5.41) is 12.5. The molecule has 9 heteroatoms. The molecule has 1 aromatic carbocycles. The molecule has 29 heavy (non-hydrogen) atoms. The average molecular weight is 391 g/mol. The number of hydrogen-bond donors (Lipinski definition) is 2. The summed E-state index contributed by atoms with van der Waals surface area (Å²) in [6, 6.07) is 10.4. The number of aromatic nitrogens is 4. The third kappa shape index (κ3) is 4.23. The average Bonchev–Trinajstić information content (AvgIpc) is 2.74. The van der Waals surface area contributed by atoms with Crippen molar-refractivity contribution in [2.75, 3.05) is 41.3 Å². The number of aryl methyl sites for hydroxylation is 1. The van der Waals surface area contributed by atoms with E-state index in [1.165, 1.54) is 0 Å². The van der Waals surface area contributed by atoms with E-state index in [2.05, 4.69) is 35.1 Å². The molecule has 4 rings (SSSR count). The highest BCUT2D eigenvalue weighted by molar-refractivity contribution is 5.95. The van der Waals surface area contributed by atoms with Crippen molar-refractivity contribution in [3.63, 3.8) is 0 Å². The van der Waals surface area contributed by atoms with Crippen LogP contribution in [-0.2, 0) is 0 Å². The van der Waals surface area contributed by atoms with Gasteiger partial charge in [-0.1, -0.05) is 12.1 Å². The van der Waals surface area contributed by atoms with Crippen molar-refractivity contribution in [2.45, 2.75) is 6.92 Å². The number of nitrogens with zero attached hydrogens (tertiary/aromatic N) is 6. The van der Waals surface area contributed by atoms with E-state index in [9.17, 15) is 9.90 Å². The van der Waals surface area contributed by atoms with E-state index in [0.29, 0.717) is 17.5 Å². The Labute approximate surface area is 168 Å². The fourth-order valence-electron chi connectivity index (χ4n) is 3.24. The summed E-state index contributed by atoms with van der Waals surface area (Å²) in [7, 11) is 0. The molecule has 1 fully saturated rings. The molecule has 2 aromatic heterocycles. The van der Waals surface area contributed by atoms with Gasteiger partial charge in [0.15, 0.2) is 0 Å². The Bertz CT molecular complexity index is 1000. The second kappa shape index (κ2) is 8.09. The molecule has 0 bridgehead atoms. The summed E-state index contributed by atoms with van der Waals surface area (Å²) >= 11 is 0. The summed E-state index contributed by atoms with van der Waals surface area (Å²) in [5.41, 5.74) is 1.50. The topological polar surface area (TPSA) is 107 Å². The standard InChI is InChI=1S/C20H21N7O2/c1-14-13-17(24-16-6-3-2-5-15(16)18(28)29)25-20(23-14)27-11-9-26(10-12-27)19-21-7-4-8-22-19/h2-8,13H,9-12H2,1H3,(H,28,29)(H,23,24,25). The van der Waals surface area contributed by atoms with Crippen LogP contribution in [0, 0.1) is 6.92 Å². The van der Waals surface area contributed by atoms with Crippen LogP contribution in [0.2, 0.25) is 0 Å². The Balaban J connectivity index is 1.50. The highest BCUT2D eigenvalue weighted by Gasteiger charge is 2.21. The number of para-hydroxylation sites is 1. The predicted octanol–water partition coefficient (Wildman–Crippen LogP) is 2.34. The van der Waals surface area contributed by atoms with E-state index in [4.69, 9.17) is 0 Å². The Morgan fingerprint density at radius 2 is 1.62 bits per heavy atom. The summed E-state index contributed by atoms with van der Waals surface area (Å²) in [6.45, 7) is 4.92. The minimum Gasteiger partial charge on any atom is -0.478 e. The number of rotatable bonds is 5. The molecule has 0 saturated carbocycles. The number of aromatic carboxylic acids is 1. The third-order valence-corrected chi connectivity index (χ3v) is 4.66. The quantitative estimate of drug-likeness (QED) is 0.677. The van der Waals surface area contributed by atoms with Crippen molar-refractivity contribution in [1.29, 1.82) is 0 Å². The molecule has 1 aliphatic rings. The highest BCUT2D eigenvalue weighted by atomic mass is 16.4. The van der Waals surface area contributed by atoms with Gasteiger partial charge >= 0.3 is 5.97 Å². The zero-order chi connectivity index (χ0) is 20.2. The largest absolute Gasteiger partial charge is 0.478 e. The smallest absolute Gasteiger partial charge is 0.337 e. The molecule has 0 atom stereocenters. The molecule has 2 N–H and O–H groups in total. The molecule has 3 aromatic rings. The molecular formula is C20H21N7O2. The van der Waals surface area contributed by atoms with E-state index in [1.807, 2.05) is 6.92 Å². The van der Waals surface area contributed by atoms with Crippen LogP contribution in [-0.4, -0.2) is 57.2 Å². The zero-order valence-corrected chi connectivity index (χ0v) is 16.0. The molecule has 0 radical (unpaired) electrons. The monoisotopic (exact) mass is 391 g/mol. The van der Waals surface area contributed by atoms with E-state index < -0.39 is 5.97 Å². The van der Waals surface area contributed by atoms with Crippen LogP contribution in [0.5, 0.6) is 0 Å². The number of carboxylic acids is 1. The maximum atomic E-state index is 11.4. The van der Waals surface area contributed by atoms with Crippen LogP contribution in [0.1, 0.15) is 16.1 Å². The Kier molecular flexibility index (Phi) is 5.19. The number of piperazine rings is 1. The van der Waals surface area contributed by atoms with Gasteiger partial charge in [0, 0.05) is 50.3 Å². The van der Waals surface area contributed by atoms with E-state index >= 15 is 0 Å². The van der Waals surface area contributed by atoms with Crippen LogP contribution in [0.15, 0.2) is 48.8 Å². The molecule has 148 valence electrons. The lowest BCUT2D eigenvalue weighted by Crippen LogP contribution is -2.47. The fourth-order valence-corrected chi connectivity index (χ4v) is 3.24. The maximum Gasteiger partial charge on any atom is 0.337 e. The van der Waals surface area contributed by atoms with Gasteiger partial charge in [0.1, 0.15) is 5.82 Å². The second-order valence-corrected chi connectivity index (χ2v) is 6.69. The van der Waals surface area contributed by atoms with Crippen LogP contribution in [0.3, 0.4) is 0 Å². The van der Waals surface area contributed by atoms with Gasteiger partial charge in [-0.3, -0.25) is 0 Å². The molecule has 0 unspecified atom stereocenters. The first kappa shape index (κ1) is 18.6. The number of benzene rings is 1. The molecule has 0 spiro atoms. The van der Waals surface area contributed by atoms with Crippen molar-refractivity contribution in [2.24, 2.45) is 0 Å². The van der Waals surface area contributed by atoms with Crippen molar-refractivity contribution >= 4 is 29.4 Å². The summed E-state index contributed by atoms with van der Waals surface area (Å²) in [6.07, 6.45) is 3.48. The first-order valence-electron chi connectivity index (χ1n) is 9.32. The van der Waals surface area contributed by atoms with Gasteiger partial charge in [-0.2, -0.15) is 4.98 Å². The number of nitrogens with one attached hydrogen (secondary N) is 1. The SMILES string of the molecule is Cc1cc(Nc2ccccc2C(=O)O)nc(N2CCN(c3ncccn3)CC2)n1. The minimum atomic E-state index is -0.988. The lowest BCUT2D eigenvalue weighted by atomic mass is 10.2. The van der Waals surface area contributed by atoms with Crippen LogP contribution < -0.4 is 15.1 Å². The number of carbonyl (C=O) groups is 1. The third-order valence-electron chi connectivity index (χ3n) is 4.66. The number of carboxylic acid groups (broad SMARTS) is 1. The lowest BCUT2D eigenvalue weighted by Gasteiger charge is -2.34.